The third-order valence-electron chi connectivity index (χ3n) is 4.35. The van der Waals surface area contributed by atoms with E-state index in [9.17, 15) is 4.79 Å². The molecule has 146 valence electrons. The summed E-state index contributed by atoms with van der Waals surface area (Å²) in [5, 5.41) is 2.74. The number of anilines is 2. The maximum absolute atomic E-state index is 12.5. The highest BCUT2D eigenvalue weighted by Crippen LogP contribution is 2.35. The molecule has 1 aromatic heterocycles. The first-order valence-corrected chi connectivity index (χ1v) is 10.9. The predicted octanol–water partition coefficient (Wildman–Crippen LogP) is 6.05. The van der Waals surface area contributed by atoms with Crippen molar-refractivity contribution in [3.63, 3.8) is 0 Å². The summed E-state index contributed by atoms with van der Waals surface area (Å²) in [6, 6.07) is 12.2. The highest BCUT2D eigenvalue weighted by atomic mass is 32.2. The van der Waals surface area contributed by atoms with Gasteiger partial charge in [-0.05, 0) is 56.2 Å². The highest BCUT2D eigenvalue weighted by Gasteiger charge is 2.21. The Kier molecular flexibility index (Phi) is 6.42. The van der Waals surface area contributed by atoms with Crippen molar-refractivity contribution in [3.8, 4) is 5.75 Å². The van der Waals surface area contributed by atoms with Gasteiger partial charge in [-0.25, -0.2) is 4.98 Å². The van der Waals surface area contributed by atoms with Crippen LogP contribution in [0.2, 0.25) is 0 Å². The number of aryl methyl sites for hydroxylation is 3. The summed E-state index contributed by atoms with van der Waals surface area (Å²) in [4.78, 5) is 20.1. The van der Waals surface area contributed by atoms with Crippen LogP contribution in [0.4, 0.5) is 10.8 Å². The lowest BCUT2D eigenvalue weighted by Gasteiger charge is -2.23. The fraction of sp³-hybridized carbons (Fsp3) is 0.273. The second kappa shape index (κ2) is 8.80. The SMILES string of the molecule is COc1ccc(SCc2csc(N(C(C)=O)c3c(C)cc(C)cc3C)n2)cc1. The molecule has 0 aliphatic heterocycles. The van der Waals surface area contributed by atoms with Crippen LogP contribution in [-0.4, -0.2) is 18.0 Å². The van der Waals surface area contributed by atoms with Crippen LogP contribution in [0.25, 0.3) is 0 Å². The highest BCUT2D eigenvalue weighted by molar-refractivity contribution is 7.98. The number of amides is 1. The van der Waals surface area contributed by atoms with Crippen molar-refractivity contribution in [2.24, 2.45) is 0 Å². The monoisotopic (exact) mass is 412 g/mol. The molecule has 2 aromatic carbocycles. The number of rotatable bonds is 6. The molecule has 28 heavy (non-hydrogen) atoms. The van der Waals surface area contributed by atoms with Gasteiger partial charge < -0.3 is 4.74 Å². The number of carbonyl (C=O) groups is 1. The molecule has 0 radical (unpaired) electrons. The van der Waals surface area contributed by atoms with Gasteiger partial charge in [0.15, 0.2) is 5.13 Å². The van der Waals surface area contributed by atoms with E-state index in [0.29, 0.717) is 5.13 Å². The van der Waals surface area contributed by atoms with Crippen molar-refractivity contribution >= 4 is 39.8 Å². The summed E-state index contributed by atoms with van der Waals surface area (Å²) < 4.78 is 5.20. The van der Waals surface area contributed by atoms with E-state index in [2.05, 4.69) is 19.1 Å². The number of thioether (sulfide) groups is 1. The molecule has 1 heterocycles. The Morgan fingerprint density at radius 2 is 1.79 bits per heavy atom. The van der Waals surface area contributed by atoms with Crippen molar-refractivity contribution in [3.05, 3.63) is 64.2 Å². The third kappa shape index (κ3) is 4.56. The number of benzene rings is 2. The second-order valence-electron chi connectivity index (χ2n) is 6.69. The Bertz CT molecular complexity index is 957. The number of methoxy groups -OCH3 is 1. The number of thiazole rings is 1. The van der Waals surface area contributed by atoms with Crippen LogP contribution in [0, 0.1) is 20.8 Å². The molecular formula is C22H24N2O2S2. The number of carbonyl (C=O) groups excluding carboxylic acids is 1. The van der Waals surface area contributed by atoms with Gasteiger partial charge in [0.1, 0.15) is 5.75 Å². The zero-order chi connectivity index (χ0) is 20.3. The molecule has 0 saturated carbocycles. The van der Waals surface area contributed by atoms with E-state index in [1.165, 1.54) is 16.9 Å². The minimum absolute atomic E-state index is 0.0289. The predicted molar refractivity (Wildman–Crippen MR) is 118 cm³/mol. The Labute approximate surface area is 174 Å². The average molecular weight is 413 g/mol. The topological polar surface area (TPSA) is 42.4 Å². The molecule has 4 nitrogen and oxygen atoms in total. The summed E-state index contributed by atoms with van der Waals surface area (Å²) in [5.74, 6) is 1.57. The van der Waals surface area contributed by atoms with E-state index in [0.717, 1.165) is 38.9 Å². The Balaban J connectivity index is 1.81. The van der Waals surface area contributed by atoms with Gasteiger partial charge in [-0.1, -0.05) is 17.7 Å². The largest absolute Gasteiger partial charge is 0.497 e. The lowest BCUT2D eigenvalue weighted by molar-refractivity contribution is -0.115. The molecule has 1 amide bonds. The van der Waals surface area contributed by atoms with Crippen LogP contribution in [-0.2, 0) is 10.5 Å². The molecule has 0 saturated heterocycles. The maximum Gasteiger partial charge on any atom is 0.230 e. The first-order valence-electron chi connectivity index (χ1n) is 8.99. The van der Waals surface area contributed by atoms with E-state index < -0.39 is 0 Å². The van der Waals surface area contributed by atoms with Gasteiger partial charge in [0, 0.05) is 23.0 Å². The van der Waals surface area contributed by atoms with Crippen LogP contribution in [0.15, 0.2) is 46.7 Å². The lowest BCUT2D eigenvalue weighted by Crippen LogP contribution is -2.24. The fourth-order valence-corrected chi connectivity index (χ4v) is 4.98. The van der Waals surface area contributed by atoms with Crippen molar-refractivity contribution in [1.82, 2.24) is 4.98 Å². The Hall–Kier alpha value is -2.31. The molecule has 0 aliphatic rings. The molecule has 0 N–H and O–H groups in total. The molecule has 0 spiro atoms. The number of ether oxygens (including phenoxy) is 1. The zero-order valence-electron chi connectivity index (χ0n) is 16.8. The quantitative estimate of drug-likeness (QED) is 0.462. The fourth-order valence-electron chi connectivity index (χ4n) is 3.21. The molecule has 3 aromatic rings. The van der Waals surface area contributed by atoms with Crippen molar-refractivity contribution in [1.29, 1.82) is 0 Å². The van der Waals surface area contributed by atoms with E-state index in [1.807, 2.05) is 43.5 Å². The summed E-state index contributed by atoms with van der Waals surface area (Å²) in [7, 11) is 1.66. The molecule has 6 heteroatoms. The van der Waals surface area contributed by atoms with E-state index in [1.54, 1.807) is 30.7 Å². The minimum atomic E-state index is -0.0289. The summed E-state index contributed by atoms with van der Waals surface area (Å²) in [5.41, 5.74) is 5.25. The smallest absolute Gasteiger partial charge is 0.230 e. The van der Waals surface area contributed by atoms with Gasteiger partial charge in [0.25, 0.3) is 0 Å². The van der Waals surface area contributed by atoms with E-state index in [-0.39, 0.29) is 5.91 Å². The van der Waals surface area contributed by atoms with Crippen LogP contribution < -0.4 is 9.64 Å². The minimum Gasteiger partial charge on any atom is -0.497 e. The van der Waals surface area contributed by atoms with Gasteiger partial charge >= 0.3 is 0 Å². The number of nitrogens with zero attached hydrogens (tertiary/aromatic N) is 2. The Morgan fingerprint density at radius 3 is 2.36 bits per heavy atom. The van der Waals surface area contributed by atoms with E-state index in [4.69, 9.17) is 9.72 Å². The van der Waals surface area contributed by atoms with E-state index >= 15 is 0 Å². The summed E-state index contributed by atoms with van der Waals surface area (Å²) in [6.07, 6.45) is 0. The summed E-state index contributed by atoms with van der Waals surface area (Å²) in [6.45, 7) is 7.74. The van der Waals surface area contributed by atoms with Crippen LogP contribution in [0.3, 0.4) is 0 Å². The van der Waals surface area contributed by atoms with Crippen LogP contribution in [0.5, 0.6) is 5.75 Å². The number of aromatic nitrogens is 1. The molecule has 0 bridgehead atoms. The van der Waals surface area contributed by atoms with Gasteiger partial charge in [-0.3, -0.25) is 9.69 Å². The maximum atomic E-state index is 12.5. The van der Waals surface area contributed by atoms with Crippen molar-refractivity contribution in [2.75, 3.05) is 12.0 Å². The zero-order valence-corrected chi connectivity index (χ0v) is 18.4. The molecule has 3 rings (SSSR count). The summed E-state index contributed by atoms with van der Waals surface area (Å²) >= 11 is 3.22. The Morgan fingerprint density at radius 1 is 1.14 bits per heavy atom. The van der Waals surface area contributed by atoms with Gasteiger partial charge in [-0.15, -0.1) is 23.1 Å². The standard InChI is InChI=1S/C22H24N2O2S2/c1-14-10-15(2)21(16(3)11-14)24(17(4)25)22-23-18(13-28-22)12-27-20-8-6-19(26-5)7-9-20/h6-11,13H,12H2,1-5H3. The lowest BCUT2D eigenvalue weighted by atomic mass is 10.0. The van der Waals surface area contributed by atoms with Crippen molar-refractivity contribution in [2.45, 2.75) is 38.3 Å². The average Bonchev–Trinajstić information content (AvgIpc) is 3.11. The third-order valence-corrected chi connectivity index (χ3v) is 6.27. The molecule has 0 unspecified atom stereocenters. The van der Waals surface area contributed by atoms with Gasteiger partial charge in [-0.2, -0.15) is 0 Å². The number of hydrogen-bond acceptors (Lipinski definition) is 5. The molecular weight excluding hydrogens is 388 g/mol. The number of hydrogen-bond donors (Lipinski definition) is 0. The molecule has 0 atom stereocenters. The van der Waals surface area contributed by atoms with Gasteiger partial charge in [0.05, 0.1) is 18.5 Å². The van der Waals surface area contributed by atoms with Crippen LogP contribution in [0.1, 0.15) is 29.3 Å². The van der Waals surface area contributed by atoms with Crippen molar-refractivity contribution < 1.29 is 9.53 Å². The molecule has 0 aliphatic carbocycles. The first-order chi connectivity index (χ1) is 13.4. The van der Waals surface area contributed by atoms with Gasteiger partial charge in [0.2, 0.25) is 5.91 Å². The van der Waals surface area contributed by atoms with Crippen LogP contribution >= 0.6 is 23.1 Å². The second-order valence-corrected chi connectivity index (χ2v) is 8.57. The first kappa shape index (κ1) is 20.4. The molecule has 0 fully saturated rings. The normalized spacial score (nSPS) is 10.8.